The van der Waals surface area contributed by atoms with Crippen molar-refractivity contribution in [2.45, 2.75) is 6.42 Å². The molecule has 7 heavy (non-hydrogen) atoms. The maximum Gasteiger partial charge on any atom is 0.404 e. The summed E-state index contributed by atoms with van der Waals surface area (Å²) in [7, 11) is 0. The molecule has 3 nitrogen and oxygen atoms in total. The fraction of sp³-hybridized carbons (Fsp3) is 0.500. The van der Waals surface area contributed by atoms with Gasteiger partial charge in [-0.2, -0.15) is 0 Å². The minimum absolute atomic E-state index is 0.440. The van der Waals surface area contributed by atoms with E-state index in [0.29, 0.717) is 13.0 Å². The van der Waals surface area contributed by atoms with Gasteiger partial charge in [0.1, 0.15) is 0 Å². The first-order chi connectivity index (χ1) is 3.27. The lowest BCUT2D eigenvalue weighted by Crippen LogP contribution is -2.20. The summed E-state index contributed by atoms with van der Waals surface area (Å²) < 4.78 is 0. The molecule has 0 spiro atoms. The molecule has 0 bridgehead atoms. The van der Waals surface area contributed by atoms with E-state index in [1.807, 2.05) is 0 Å². The van der Waals surface area contributed by atoms with Crippen LogP contribution in [-0.2, 0) is 0 Å². The fourth-order valence-corrected chi connectivity index (χ4v) is 0.195. The van der Waals surface area contributed by atoms with Gasteiger partial charge >= 0.3 is 6.09 Å². The molecule has 0 atom stereocenters. The highest BCUT2D eigenvalue weighted by atomic mass is 16.4. The minimum atomic E-state index is -0.983. The van der Waals surface area contributed by atoms with Crippen LogP contribution >= 0.6 is 0 Å². The molecule has 0 aliphatic rings. The molecule has 0 saturated carbocycles. The van der Waals surface area contributed by atoms with Gasteiger partial charge in [-0.3, -0.25) is 0 Å². The summed E-state index contributed by atoms with van der Waals surface area (Å²) in [5.41, 5.74) is 0. The van der Waals surface area contributed by atoms with Gasteiger partial charge in [0.25, 0.3) is 0 Å². The summed E-state index contributed by atoms with van der Waals surface area (Å²) in [5, 5.41) is 10.1. The molecule has 1 amide bonds. The first kappa shape index (κ1) is 6.27. The number of amides is 1. The molecule has 1 radical (unpaired) electrons. The van der Waals surface area contributed by atoms with Crippen LogP contribution in [0.1, 0.15) is 6.42 Å². The van der Waals surface area contributed by atoms with Crippen molar-refractivity contribution in [1.29, 1.82) is 0 Å². The maximum atomic E-state index is 9.62. The van der Waals surface area contributed by atoms with E-state index in [1.54, 1.807) is 0 Å². The molecule has 0 aromatic heterocycles. The zero-order valence-electron chi connectivity index (χ0n) is 3.98. The van der Waals surface area contributed by atoms with Crippen molar-refractivity contribution < 1.29 is 9.90 Å². The topological polar surface area (TPSA) is 49.3 Å². The summed E-state index contributed by atoms with van der Waals surface area (Å²) in [6, 6.07) is 0. The molecule has 2 N–H and O–H groups in total. The second-order valence-corrected chi connectivity index (χ2v) is 1.09. The van der Waals surface area contributed by atoms with Gasteiger partial charge in [-0.1, -0.05) is 6.92 Å². The molecule has 0 aliphatic carbocycles. The van der Waals surface area contributed by atoms with Crippen LogP contribution in [0.15, 0.2) is 0 Å². The predicted molar refractivity (Wildman–Crippen MR) is 26.0 cm³/mol. The number of hydrogen-bond donors (Lipinski definition) is 2. The van der Waals surface area contributed by atoms with Gasteiger partial charge in [-0.25, -0.2) is 4.79 Å². The first-order valence-electron chi connectivity index (χ1n) is 2.03. The Kier molecular flexibility index (Phi) is 3.10. The summed E-state index contributed by atoms with van der Waals surface area (Å²) in [6.07, 6.45) is -0.379. The largest absolute Gasteiger partial charge is 0.465 e. The van der Waals surface area contributed by atoms with E-state index in [1.165, 1.54) is 0 Å². The molecule has 0 heterocycles. The lowest BCUT2D eigenvalue weighted by molar-refractivity contribution is 0.194. The normalized spacial score (nSPS) is 8.14. The third-order valence-electron chi connectivity index (χ3n) is 0.453. The average Bonchev–Trinajstić information content (AvgIpc) is 1.61. The van der Waals surface area contributed by atoms with Crippen LogP contribution in [0.5, 0.6) is 0 Å². The van der Waals surface area contributed by atoms with Crippen molar-refractivity contribution >= 4 is 6.09 Å². The summed E-state index contributed by atoms with van der Waals surface area (Å²) in [6.45, 7) is 3.87. The Morgan fingerprint density at radius 1 is 1.86 bits per heavy atom. The van der Waals surface area contributed by atoms with Gasteiger partial charge in [0.15, 0.2) is 0 Å². The van der Waals surface area contributed by atoms with Gasteiger partial charge in [0.05, 0.1) is 0 Å². The van der Waals surface area contributed by atoms with Gasteiger partial charge in [-0.05, 0) is 6.42 Å². The Bertz CT molecular complexity index is 62.7. The van der Waals surface area contributed by atoms with E-state index >= 15 is 0 Å². The first-order valence-corrected chi connectivity index (χ1v) is 2.03. The van der Waals surface area contributed by atoms with Crippen LogP contribution in [-0.4, -0.2) is 17.7 Å². The molecule has 0 aromatic rings. The molecular weight excluding hydrogens is 94.0 g/mol. The van der Waals surface area contributed by atoms with E-state index in [9.17, 15) is 4.79 Å². The average molecular weight is 102 g/mol. The van der Waals surface area contributed by atoms with Crippen LogP contribution in [0.3, 0.4) is 0 Å². The molecular formula is C4H8NO2. The van der Waals surface area contributed by atoms with Gasteiger partial charge in [0, 0.05) is 6.54 Å². The fourth-order valence-electron chi connectivity index (χ4n) is 0.195. The summed E-state index contributed by atoms with van der Waals surface area (Å²) in [5.74, 6) is 0. The number of carbonyl (C=O) groups is 1. The number of carboxylic acid groups (broad SMARTS) is 1. The van der Waals surface area contributed by atoms with E-state index in [4.69, 9.17) is 5.11 Å². The molecule has 41 valence electrons. The highest BCUT2D eigenvalue weighted by Gasteiger charge is 1.86. The lowest BCUT2D eigenvalue weighted by atomic mass is 10.5. The number of nitrogens with one attached hydrogen (secondary N) is 1. The standard InChI is InChI=1S/C4H8NO2/c1-2-3-5-4(6)7/h5H,1-3H2,(H,6,7). The zero-order valence-corrected chi connectivity index (χ0v) is 3.98. The Labute approximate surface area is 42.3 Å². The van der Waals surface area contributed by atoms with Crippen molar-refractivity contribution in [2.75, 3.05) is 6.54 Å². The zero-order chi connectivity index (χ0) is 5.70. The van der Waals surface area contributed by atoms with Gasteiger partial charge in [-0.15, -0.1) is 0 Å². The van der Waals surface area contributed by atoms with Gasteiger partial charge in [0.2, 0.25) is 0 Å². The smallest absolute Gasteiger partial charge is 0.404 e. The SMILES string of the molecule is [CH2]CCNC(=O)O. The minimum Gasteiger partial charge on any atom is -0.465 e. The van der Waals surface area contributed by atoms with Crippen molar-refractivity contribution in [3.05, 3.63) is 6.92 Å². The monoisotopic (exact) mass is 102 g/mol. The van der Waals surface area contributed by atoms with E-state index in [2.05, 4.69) is 12.2 Å². The van der Waals surface area contributed by atoms with Crippen LogP contribution in [0, 0.1) is 6.92 Å². The number of hydrogen-bond acceptors (Lipinski definition) is 1. The molecule has 0 aliphatic heterocycles. The summed E-state index contributed by atoms with van der Waals surface area (Å²) in [4.78, 5) is 9.62. The molecule has 0 fully saturated rings. The second kappa shape index (κ2) is 3.46. The Hall–Kier alpha value is -0.730. The summed E-state index contributed by atoms with van der Waals surface area (Å²) >= 11 is 0. The lowest BCUT2D eigenvalue weighted by Gasteiger charge is -1.91. The highest BCUT2D eigenvalue weighted by molar-refractivity contribution is 5.64. The van der Waals surface area contributed by atoms with Crippen molar-refractivity contribution in [3.8, 4) is 0 Å². The highest BCUT2D eigenvalue weighted by Crippen LogP contribution is 1.66. The number of rotatable bonds is 2. The van der Waals surface area contributed by atoms with E-state index in [0.717, 1.165) is 0 Å². The van der Waals surface area contributed by atoms with Crippen LogP contribution < -0.4 is 5.32 Å². The third-order valence-corrected chi connectivity index (χ3v) is 0.453. The van der Waals surface area contributed by atoms with E-state index < -0.39 is 6.09 Å². The second-order valence-electron chi connectivity index (χ2n) is 1.09. The molecule has 0 saturated heterocycles. The Morgan fingerprint density at radius 2 is 2.43 bits per heavy atom. The quantitative estimate of drug-likeness (QED) is 0.532. The molecule has 0 rings (SSSR count). The van der Waals surface area contributed by atoms with Crippen molar-refractivity contribution in [3.63, 3.8) is 0 Å². The van der Waals surface area contributed by atoms with Crippen LogP contribution in [0.4, 0.5) is 4.79 Å². The maximum absolute atomic E-state index is 9.62. The van der Waals surface area contributed by atoms with Crippen molar-refractivity contribution in [1.82, 2.24) is 5.32 Å². The predicted octanol–water partition coefficient (Wildman–Crippen LogP) is 0.478. The van der Waals surface area contributed by atoms with E-state index in [-0.39, 0.29) is 0 Å². The Balaban J connectivity index is 2.82. The van der Waals surface area contributed by atoms with Crippen LogP contribution in [0.25, 0.3) is 0 Å². The van der Waals surface area contributed by atoms with Crippen LogP contribution in [0.2, 0.25) is 0 Å². The van der Waals surface area contributed by atoms with Gasteiger partial charge < -0.3 is 10.4 Å². The molecule has 3 heteroatoms. The molecule has 0 unspecified atom stereocenters. The molecule has 0 aromatic carbocycles. The Morgan fingerprint density at radius 3 is 2.57 bits per heavy atom. The van der Waals surface area contributed by atoms with Crippen molar-refractivity contribution in [2.24, 2.45) is 0 Å². The third kappa shape index (κ3) is 5.27.